The van der Waals surface area contributed by atoms with Crippen molar-refractivity contribution in [2.75, 3.05) is 0 Å². The molecule has 0 heterocycles. The Balaban J connectivity index is 1.94. The van der Waals surface area contributed by atoms with Crippen molar-refractivity contribution in [1.29, 1.82) is 0 Å². The molecule has 4 nitrogen and oxygen atoms in total. The molecule has 124 valence electrons. The molecule has 0 aliphatic rings. The Morgan fingerprint density at radius 1 is 0.913 bits per heavy atom. The Kier molecular flexibility index (Phi) is 6.33. The van der Waals surface area contributed by atoms with Crippen LogP contribution in [0.5, 0.6) is 0 Å². The first-order valence-electron chi connectivity index (χ1n) is 7.73. The predicted molar refractivity (Wildman–Crippen MR) is 92.2 cm³/mol. The van der Waals surface area contributed by atoms with E-state index in [1.165, 1.54) is 11.1 Å². The first kappa shape index (κ1) is 17.7. The minimum absolute atomic E-state index is 0.411. The fourth-order valence-electron chi connectivity index (χ4n) is 2.48. The van der Waals surface area contributed by atoms with Gasteiger partial charge in [-0.05, 0) is 43.7 Å². The van der Waals surface area contributed by atoms with Gasteiger partial charge < -0.3 is 0 Å². The minimum Gasteiger partial charge on any atom is -0.255 e. The normalized spacial score (nSPS) is 13.0. The average Bonchev–Trinajstić information content (AvgIpc) is 2.51. The summed E-state index contributed by atoms with van der Waals surface area (Å²) in [5.74, 6) is 0. The molecular weight excluding hydrogens is 310 g/mol. The van der Waals surface area contributed by atoms with Crippen molar-refractivity contribution in [1.82, 2.24) is 0 Å². The van der Waals surface area contributed by atoms with Crippen molar-refractivity contribution in [2.24, 2.45) is 5.14 Å². The van der Waals surface area contributed by atoms with Crippen LogP contribution in [0.2, 0.25) is 0 Å². The van der Waals surface area contributed by atoms with Crippen LogP contribution in [0.25, 0.3) is 0 Å². The summed E-state index contributed by atoms with van der Waals surface area (Å²) in [7, 11) is -3.94. The van der Waals surface area contributed by atoms with E-state index in [1.54, 1.807) is 0 Å². The monoisotopic (exact) mass is 333 g/mol. The fourth-order valence-corrected chi connectivity index (χ4v) is 3.06. The van der Waals surface area contributed by atoms with Crippen LogP contribution >= 0.6 is 0 Å². The molecule has 0 aliphatic carbocycles. The number of benzene rings is 2. The zero-order valence-corrected chi connectivity index (χ0v) is 14.1. The van der Waals surface area contributed by atoms with Crippen LogP contribution in [0.15, 0.2) is 54.6 Å². The SMILES string of the molecule is Cc1ccc(CCC(CCc2ccccc2)OS(N)(=O)=O)cc1. The standard InChI is InChI=1S/C18H23NO3S/c1-15-7-9-17(10-8-15)12-14-18(22-23(19,20)21)13-11-16-5-3-2-4-6-16/h2-10,18H,11-14H2,1H3,(H2,19,20,21). The molecule has 0 radical (unpaired) electrons. The molecule has 0 aromatic heterocycles. The van der Waals surface area contributed by atoms with Crippen LogP contribution in [-0.4, -0.2) is 14.5 Å². The number of hydrogen-bond acceptors (Lipinski definition) is 3. The number of nitrogens with two attached hydrogens (primary N) is 1. The Labute approximate surface area is 138 Å². The van der Waals surface area contributed by atoms with E-state index in [4.69, 9.17) is 9.32 Å². The summed E-state index contributed by atoms with van der Waals surface area (Å²) >= 11 is 0. The van der Waals surface area contributed by atoms with E-state index in [2.05, 4.69) is 24.3 Å². The summed E-state index contributed by atoms with van der Waals surface area (Å²) < 4.78 is 27.6. The van der Waals surface area contributed by atoms with Gasteiger partial charge in [0.15, 0.2) is 0 Å². The Bertz CT molecular complexity index is 697. The van der Waals surface area contributed by atoms with Gasteiger partial charge in [-0.2, -0.15) is 8.42 Å². The summed E-state index contributed by atoms with van der Waals surface area (Å²) in [6.45, 7) is 2.04. The molecule has 2 N–H and O–H groups in total. The second-order valence-electron chi connectivity index (χ2n) is 5.76. The van der Waals surface area contributed by atoms with Gasteiger partial charge in [-0.1, -0.05) is 60.2 Å². The second kappa shape index (κ2) is 8.24. The van der Waals surface area contributed by atoms with Crippen LogP contribution in [0.1, 0.15) is 29.5 Å². The molecule has 1 atom stereocenters. The third kappa shape index (κ3) is 6.95. The van der Waals surface area contributed by atoms with Gasteiger partial charge >= 0.3 is 10.3 Å². The van der Waals surface area contributed by atoms with Crippen molar-refractivity contribution in [3.05, 3.63) is 71.3 Å². The van der Waals surface area contributed by atoms with Crippen LogP contribution < -0.4 is 5.14 Å². The maximum Gasteiger partial charge on any atom is 0.333 e. The molecule has 0 spiro atoms. The third-order valence-corrected chi connectivity index (χ3v) is 4.28. The Morgan fingerprint density at radius 2 is 1.43 bits per heavy atom. The van der Waals surface area contributed by atoms with Gasteiger partial charge in [0.1, 0.15) is 0 Å². The molecular formula is C18H23NO3S. The summed E-state index contributed by atoms with van der Waals surface area (Å²) in [5.41, 5.74) is 3.53. The molecule has 2 aromatic rings. The van der Waals surface area contributed by atoms with Crippen LogP contribution in [0.4, 0.5) is 0 Å². The van der Waals surface area contributed by atoms with Crippen molar-refractivity contribution >= 4 is 10.3 Å². The van der Waals surface area contributed by atoms with E-state index in [0.29, 0.717) is 12.8 Å². The van der Waals surface area contributed by atoms with Crippen molar-refractivity contribution in [3.8, 4) is 0 Å². The summed E-state index contributed by atoms with van der Waals surface area (Å²) in [6.07, 6.45) is 2.34. The number of rotatable bonds is 8. The highest BCUT2D eigenvalue weighted by Crippen LogP contribution is 2.15. The molecule has 0 aliphatic heterocycles. The zero-order valence-electron chi connectivity index (χ0n) is 13.3. The summed E-state index contributed by atoms with van der Waals surface area (Å²) in [6, 6.07) is 18.2. The largest absolute Gasteiger partial charge is 0.333 e. The van der Waals surface area contributed by atoms with Gasteiger partial charge in [0.25, 0.3) is 0 Å². The van der Waals surface area contributed by atoms with E-state index in [0.717, 1.165) is 18.4 Å². The first-order valence-corrected chi connectivity index (χ1v) is 9.20. The quantitative estimate of drug-likeness (QED) is 0.807. The number of hydrogen-bond donors (Lipinski definition) is 1. The molecule has 2 rings (SSSR count). The van der Waals surface area contributed by atoms with Gasteiger partial charge in [-0.15, -0.1) is 0 Å². The van der Waals surface area contributed by atoms with E-state index in [-0.39, 0.29) is 0 Å². The Hall–Kier alpha value is -1.69. The molecule has 5 heteroatoms. The molecule has 23 heavy (non-hydrogen) atoms. The van der Waals surface area contributed by atoms with Gasteiger partial charge in [0.2, 0.25) is 0 Å². The topological polar surface area (TPSA) is 69.4 Å². The van der Waals surface area contributed by atoms with E-state index in [1.807, 2.05) is 37.3 Å². The van der Waals surface area contributed by atoms with Crippen LogP contribution in [-0.2, 0) is 27.3 Å². The summed E-state index contributed by atoms with van der Waals surface area (Å²) in [5, 5.41) is 5.04. The molecule has 0 fully saturated rings. The van der Waals surface area contributed by atoms with Crippen molar-refractivity contribution in [2.45, 2.75) is 38.7 Å². The van der Waals surface area contributed by atoms with Crippen LogP contribution in [0.3, 0.4) is 0 Å². The third-order valence-electron chi connectivity index (χ3n) is 3.74. The second-order valence-corrected chi connectivity index (χ2v) is 6.94. The molecule has 0 amide bonds. The smallest absolute Gasteiger partial charge is 0.255 e. The Morgan fingerprint density at radius 3 is 1.96 bits per heavy atom. The molecule has 2 aromatic carbocycles. The molecule has 1 unspecified atom stereocenters. The lowest BCUT2D eigenvalue weighted by molar-refractivity contribution is 0.189. The van der Waals surface area contributed by atoms with Gasteiger partial charge in [0.05, 0.1) is 6.10 Å². The number of aryl methyl sites for hydroxylation is 3. The van der Waals surface area contributed by atoms with Crippen LogP contribution in [0, 0.1) is 6.92 Å². The van der Waals surface area contributed by atoms with Crippen molar-refractivity contribution < 1.29 is 12.6 Å². The minimum atomic E-state index is -3.94. The highest BCUT2D eigenvalue weighted by molar-refractivity contribution is 7.84. The first-order chi connectivity index (χ1) is 10.9. The maximum absolute atomic E-state index is 11.3. The molecule has 0 saturated heterocycles. The van der Waals surface area contributed by atoms with E-state index >= 15 is 0 Å². The average molecular weight is 333 g/mol. The lowest BCUT2D eigenvalue weighted by Gasteiger charge is -2.16. The van der Waals surface area contributed by atoms with E-state index < -0.39 is 16.4 Å². The predicted octanol–water partition coefficient (Wildman–Crippen LogP) is 3.15. The van der Waals surface area contributed by atoms with E-state index in [9.17, 15) is 8.42 Å². The van der Waals surface area contributed by atoms with Crippen molar-refractivity contribution in [3.63, 3.8) is 0 Å². The lowest BCUT2D eigenvalue weighted by atomic mass is 10.0. The molecule has 0 bridgehead atoms. The molecule has 0 saturated carbocycles. The fraction of sp³-hybridized carbons (Fsp3) is 0.333. The maximum atomic E-state index is 11.3. The van der Waals surface area contributed by atoms with Gasteiger partial charge in [-0.25, -0.2) is 5.14 Å². The zero-order chi connectivity index (χ0) is 16.7. The lowest BCUT2D eigenvalue weighted by Crippen LogP contribution is -2.25. The van der Waals surface area contributed by atoms with Gasteiger partial charge in [-0.3, -0.25) is 4.18 Å². The highest BCUT2D eigenvalue weighted by atomic mass is 32.2. The highest BCUT2D eigenvalue weighted by Gasteiger charge is 2.16. The van der Waals surface area contributed by atoms with Gasteiger partial charge in [0, 0.05) is 0 Å². The summed E-state index contributed by atoms with van der Waals surface area (Å²) in [4.78, 5) is 0.